The molecule has 2 aromatic rings. The summed E-state index contributed by atoms with van der Waals surface area (Å²) in [5, 5.41) is 0.577. The lowest BCUT2D eigenvalue weighted by Crippen LogP contribution is -2.28. The van der Waals surface area contributed by atoms with Crippen LogP contribution in [0.25, 0.3) is 0 Å². The van der Waals surface area contributed by atoms with Crippen LogP contribution in [0.2, 0.25) is 5.02 Å². The monoisotopic (exact) mass is 353 g/mol. The van der Waals surface area contributed by atoms with Gasteiger partial charge in [0.05, 0.1) is 4.90 Å². The third-order valence-corrected chi connectivity index (χ3v) is 5.03. The van der Waals surface area contributed by atoms with Crippen LogP contribution in [0.15, 0.2) is 53.4 Å². The van der Waals surface area contributed by atoms with Gasteiger partial charge in [0, 0.05) is 11.6 Å². The Bertz CT molecular complexity index is 743. The lowest BCUT2D eigenvalue weighted by Gasteiger charge is -2.10. The molecule has 0 amide bonds. The van der Waals surface area contributed by atoms with Crippen molar-refractivity contribution in [2.45, 2.75) is 24.7 Å². The lowest BCUT2D eigenvalue weighted by atomic mass is 10.0. The quantitative estimate of drug-likeness (QED) is 0.770. The molecular weight excluding hydrogens is 334 g/mol. The summed E-state index contributed by atoms with van der Waals surface area (Å²) in [6.07, 6.45) is 0. The number of ether oxygens (including phenoxy) is 1. The molecular formula is C17H20ClNO3S. The number of halogens is 1. The van der Waals surface area contributed by atoms with Gasteiger partial charge in [0.1, 0.15) is 12.4 Å². The van der Waals surface area contributed by atoms with Gasteiger partial charge in [0.2, 0.25) is 10.0 Å². The SMILES string of the molecule is CC(C)c1ccc(S(=O)(=O)NCCOc2cccc(Cl)c2)cc1. The summed E-state index contributed by atoms with van der Waals surface area (Å²) in [6.45, 7) is 4.54. The molecule has 0 aliphatic rings. The second-order valence-electron chi connectivity index (χ2n) is 5.43. The summed E-state index contributed by atoms with van der Waals surface area (Å²) in [5.74, 6) is 0.976. The lowest BCUT2D eigenvalue weighted by molar-refractivity contribution is 0.323. The molecule has 0 atom stereocenters. The highest BCUT2D eigenvalue weighted by atomic mass is 35.5. The smallest absolute Gasteiger partial charge is 0.240 e. The van der Waals surface area contributed by atoms with E-state index >= 15 is 0 Å². The van der Waals surface area contributed by atoms with Crippen molar-refractivity contribution in [2.75, 3.05) is 13.2 Å². The van der Waals surface area contributed by atoms with E-state index in [2.05, 4.69) is 18.6 Å². The van der Waals surface area contributed by atoms with Gasteiger partial charge < -0.3 is 4.74 Å². The molecule has 0 saturated carbocycles. The van der Waals surface area contributed by atoms with Gasteiger partial charge in [-0.15, -0.1) is 0 Å². The second-order valence-corrected chi connectivity index (χ2v) is 7.63. The predicted octanol–water partition coefficient (Wildman–Crippen LogP) is 3.82. The maximum Gasteiger partial charge on any atom is 0.240 e. The molecule has 0 spiro atoms. The van der Waals surface area contributed by atoms with Crippen LogP contribution in [0.5, 0.6) is 5.75 Å². The fourth-order valence-electron chi connectivity index (χ4n) is 2.02. The van der Waals surface area contributed by atoms with Crippen molar-refractivity contribution in [1.82, 2.24) is 4.72 Å². The Morgan fingerprint density at radius 2 is 1.83 bits per heavy atom. The van der Waals surface area contributed by atoms with Gasteiger partial charge in [-0.05, 0) is 41.8 Å². The molecule has 0 fully saturated rings. The minimum absolute atomic E-state index is 0.181. The van der Waals surface area contributed by atoms with Crippen LogP contribution >= 0.6 is 11.6 Å². The summed E-state index contributed by atoms with van der Waals surface area (Å²) >= 11 is 5.85. The van der Waals surface area contributed by atoms with E-state index in [0.29, 0.717) is 16.7 Å². The van der Waals surface area contributed by atoms with E-state index in [4.69, 9.17) is 16.3 Å². The van der Waals surface area contributed by atoms with E-state index in [1.807, 2.05) is 12.1 Å². The highest BCUT2D eigenvalue weighted by Crippen LogP contribution is 2.18. The molecule has 0 radical (unpaired) electrons. The van der Waals surface area contributed by atoms with Crippen molar-refractivity contribution in [3.63, 3.8) is 0 Å². The van der Waals surface area contributed by atoms with Gasteiger partial charge >= 0.3 is 0 Å². The molecule has 0 aliphatic heterocycles. The first-order chi connectivity index (χ1) is 10.9. The molecule has 0 unspecified atom stereocenters. The molecule has 2 rings (SSSR count). The van der Waals surface area contributed by atoms with E-state index in [1.54, 1.807) is 36.4 Å². The number of sulfonamides is 1. The van der Waals surface area contributed by atoms with Crippen molar-refractivity contribution >= 4 is 21.6 Å². The maximum atomic E-state index is 12.2. The predicted molar refractivity (Wildman–Crippen MR) is 92.7 cm³/mol. The fraction of sp³-hybridized carbons (Fsp3) is 0.294. The van der Waals surface area contributed by atoms with E-state index in [-0.39, 0.29) is 18.0 Å². The Balaban J connectivity index is 1.88. The molecule has 23 heavy (non-hydrogen) atoms. The van der Waals surface area contributed by atoms with Crippen LogP contribution in [0.1, 0.15) is 25.3 Å². The number of benzene rings is 2. The zero-order chi connectivity index (χ0) is 16.9. The van der Waals surface area contributed by atoms with Crippen LogP contribution in [0, 0.1) is 0 Å². The number of hydrogen-bond acceptors (Lipinski definition) is 3. The van der Waals surface area contributed by atoms with Crippen molar-refractivity contribution in [1.29, 1.82) is 0 Å². The topological polar surface area (TPSA) is 55.4 Å². The molecule has 0 bridgehead atoms. The largest absolute Gasteiger partial charge is 0.492 e. The summed E-state index contributed by atoms with van der Waals surface area (Å²) in [5.41, 5.74) is 1.10. The third-order valence-electron chi connectivity index (χ3n) is 3.32. The summed E-state index contributed by atoms with van der Waals surface area (Å²) in [6, 6.07) is 13.9. The third kappa shape index (κ3) is 5.23. The van der Waals surface area contributed by atoms with Gasteiger partial charge in [0.15, 0.2) is 0 Å². The van der Waals surface area contributed by atoms with Crippen LogP contribution in [0.4, 0.5) is 0 Å². The van der Waals surface area contributed by atoms with E-state index < -0.39 is 10.0 Å². The Kier molecular flexibility index (Phi) is 6.04. The first-order valence-corrected chi connectivity index (χ1v) is 9.22. The van der Waals surface area contributed by atoms with Gasteiger partial charge in [0.25, 0.3) is 0 Å². The van der Waals surface area contributed by atoms with E-state index in [1.165, 1.54) is 0 Å². The molecule has 124 valence electrons. The highest BCUT2D eigenvalue weighted by molar-refractivity contribution is 7.89. The van der Waals surface area contributed by atoms with Crippen LogP contribution in [-0.4, -0.2) is 21.6 Å². The van der Waals surface area contributed by atoms with Gasteiger partial charge in [-0.25, -0.2) is 13.1 Å². The minimum atomic E-state index is -3.52. The standard InChI is InChI=1S/C17H20ClNO3S/c1-13(2)14-6-8-17(9-7-14)23(20,21)19-10-11-22-16-5-3-4-15(18)12-16/h3-9,12-13,19H,10-11H2,1-2H3. The Morgan fingerprint density at radius 3 is 2.43 bits per heavy atom. The Hall–Kier alpha value is -1.56. The molecule has 4 nitrogen and oxygen atoms in total. The van der Waals surface area contributed by atoms with Crippen molar-refractivity contribution in [3.05, 3.63) is 59.1 Å². The summed E-state index contributed by atoms with van der Waals surface area (Å²) in [4.78, 5) is 0.254. The molecule has 0 aromatic heterocycles. The number of nitrogens with one attached hydrogen (secondary N) is 1. The Morgan fingerprint density at radius 1 is 1.13 bits per heavy atom. The van der Waals surface area contributed by atoms with Gasteiger partial charge in [-0.3, -0.25) is 0 Å². The molecule has 0 saturated heterocycles. The summed E-state index contributed by atoms with van der Waals surface area (Å²) < 4.78 is 32.4. The zero-order valence-corrected chi connectivity index (χ0v) is 14.7. The molecule has 0 heterocycles. The zero-order valence-electron chi connectivity index (χ0n) is 13.1. The molecule has 0 aliphatic carbocycles. The van der Waals surface area contributed by atoms with Crippen LogP contribution < -0.4 is 9.46 Å². The van der Waals surface area contributed by atoms with Crippen molar-refractivity contribution < 1.29 is 13.2 Å². The van der Waals surface area contributed by atoms with E-state index in [0.717, 1.165) is 5.56 Å². The second kappa shape index (κ2) is 7.81. The normalized spacial score (nSPS) is 11.7. The average Bonchev–Trinajstić information content (AvgIpc) is 2.52. The van der Waals surface area contributed by atoms with Gasteiger partial charge in [-0.1, -0.05) is 43.6 Å². The number of hydrogen-bond donors (Lipinski definition) is 1. The van der Waals surface area contributed by atoms with Crippen molar-refractivity contribution in [2.24, 2.45) is 0 Å². The maximum absolute atomic E-state index is 12.2. The van der Waals surface area contributed by atoms with E-state index in [9.17, 15) is 8.42 Å². The Labute approximate surface area is 142 Å². The van der Waals surface area contributed by atoms with Crippen LogP contribution in [0.3, 0.4) is 0 Å². The summed E-state index contributed by atoms with van der Waals surface area (Å²) in [7, 11) is -3.52. The average molecular weight is 354 g/mol. The molecule has 2 aromatic carbocycles. The first kappa shape index (κ1) is 17.8. The van der Waals surface area contributed by atoms with Crippen molar-refractivity contribution in [3.8, 4) is 5.75 Å². The minimum Gasteiger partial charge on any atom is -0.492 e. The highest BCUT2D eigenvalue weighted by Gasteiger charge is 2.13. The number of rotatable bonds is 7. The fourth-order valence-corrected chi connectivity index (χ4v) is 3.21. The first-order valence-electron chi connectivity index (χ1n) is 7.36. The van der Waals surface area contributed by atoms with Gasteiger partial charge in [-0.2, -0.15) is 0 Å². The molecule has 6 heteroatoms. The van der Waals surface area contributed by atoms with Crippen LogP contribution in [-0.2, 0) is 10.0 Å². The molecule has 1 N–H and O–H groups in total.